The maximum absolute atomic E-state index is 10.6. The lowest BCUT2D eigenvalue weighted by atomic mass is 10.0. The van der Waals surface area contributed by atoms with Crippen molar-refractivity contribution >= 4 is 17.8 Å². The number of nitrogens with one attached hydrogen (secondary N) is 1. The van der Waals surface area contributed by atoms with E-state index in [4.69, 9.17) is 30.3 Å². The minimum absolute atomic E-state index is 0.155. The molecule has 192 valence electrons. The van der Waals surface area contributed by atoms with Gasteiger partial charge in [-0.15, -0.1) is 0 Å². The predicted octanol–water partition coefficient (Wildman–Crippen LogP) is 3.26. The van der Waals surface area contributed by atoms with Gasteiger partial charge in [0.15, 0.2) is 5.82 Å². The molecule has 2 heterocycles. The molecule has 17 heteroatoms. The van der Waals surface area contributed by atoms with E-state index in [1.165, 1.54) is 6.33 Å². The highest BCUT2D eigenvalue weighted by Crippen LogP contribution is 2.29. The summed E-state index contributed by atoms with van der Waals surface area (Å²) in [5, 5.41) is 30.1. The maximum atomic E-state index is 10.6. The predicted molar refractivity (Wildman–Crippen MR) is 108 cm³/mol. The summed E-state index contributed by atoms with van der Waals surface area (Å²) in [6.45, 7) is 0. The second kappa shape index (κ2) is 12.0. The Labute approximate surface area is 196 Å². The zero-order chi connectivity index (χ0) is 27.7. The molecule has 36 heavy (non-hydrogen) atoms. The van der Waals surface area contributed by atoms with Crippen molar-refractivity contribution in [2.75, 3.05) is 12.8 Å². The molecule has 0 radical (unpaired) electrons. The van der Waals surface area contributed by atoms with E-state index in [0.29, 0.717) is 17.1 Å². The summed E-state index contributed by atoms with van der Waals surface area (Å²) in [7, 11) is 1.61. The van der Waals surface area contributed by atoms with Crippen molar-refractivity contribution in [3.63, 3.8) is 0 Å². The van der Waals surface area contributed by atoms with Crippen LogP contribution in [0.25, 0.3) is 22.6 Å². The first-order valence-corrected chi connectivity index (χ1v) is 8.92. The quantitative estimate of drug-likeness (QED) is 0.373. The number of nitrogen functional groups attached to an aromatic ring is 1. The summed E-state index contributed by atoms with van der Waals surface area (Å²) in [5.74, 6) is -4.14. The number of aliphatic carboxylic acids is 2. The van der Waals surface area contributed by atoms with Gasteiger partial charge in [-0.2, -0.15) is 36.7 Å². The molecule has 0 spiro atoms. The molecule has 2 aromatic heterocycles. The Hall–Kier alpha value is -4.88. The fourth-order valence-electron chi connectivity index (χ4n) is 2.11. The number of carbonyl (C=O) groups is 2. The number of carboxylic acids is 2. The molecule has 0 fully saturated rings. The van der Waals surface area contributed by atoms with Crippen molar-refractivity contribution in [3.8, 4) is 34.5 Å². The van der Waals surface area contributed by atoms with Gasteiger partial charge in [0.1, 0.15) is 29.5 Å². The monoisotopic (exact) mass is 520 g/mol. The van der Waals surface area contributed by atoms with Gasteiger partial charge in [-0.3, -0.25) is 5.10 Å². The molecular formula is C19H14F6N6O5. The minimum Gasteiger partial charge on any atom is -0.497 e. The molecule has 11 nitrogen and oxygen atoms in total. The molecule has 0 saturated carbocycles. The number of nitriles is 1. The average molecular weight is 520 g/mol. The van der Waals surface area contributed by atoms with Crippen LogP contribution in [0.5, 0.6) is 5.75 Å². The average Bonchev–Trinajstić information content (AvgIpc) is 3.33. The fourth-order valence-corrected chi connectivity index (χ4v) is 2.11. The van der Waals surface area contributed by atoms with E-state index in [2.05, 4.69) is 26.2 Å². The highest BCUT2D eigenvalue weighted by molar-refractivity contribution is 5.77. The lowest BCUT2D eigenvalue weighted by Gasteiger charge is -2.08. The van der Waals surface area contributed by atoms with Crippen molar-refractivity contribution in [3.05, 3.63) is 42.2 Å². The standard InChI is InChI=1S/C15H12N6O.2C2HF3O2/c1-22-10-4-2-9(3-5-10)13-6-11(15-18-8-19-21-15)12(7-16)14(17)20-13;2*3-2(4,5)1(6)7/h2-6,8H,1H3,(H2,17,20)(H,18,19,21);2*(H,6,7). The normalized spacial score (nSPS) is 10.6. The Morgan fingerprint density at radius 2 is 1.56 bits per heavy atom. The lowest BCUT2D eigenvalue weighted by molar-refractivity contribution is -0.193. The van der Waals surface area contributed by atoms with Crippen molar-refractivity contribution in [2.45, 2.75) is 12.4 Å². The smallest absolute Gasteiger partial charge is 0.490 e. The number of halogens is 6. The van der Waals surface area contributed by atoms with Gasteiger partial charge < -0.3 is 20.7 Å². The summed E-state index contributed by atoms with van der Waals surface area (Å²) >= 11 is 0. The molecule has 0 aliphatic rings. The molecule has 0 saturated heterocycles. The SMILES string of the molecule is COc1ccc(-c2cc(-c3ncn[nH]3)c(C#N)c(N)n2)cc1.O=C(O)C(F)(F)F.O=C(O)C(F)(F)F. The number of aromatic amines is 1. The Kier molecular flexibility index (Phi) is 9.72. The molecule has 0 amide bonds. The van der Waals surface area contributed by atoms with Gasteiger partial charge in [0.2, 0.25) is 0 Å². The second-order valence-corrected chi connectivity index (χ2v) is 6.10. The third-order valence-electron chi connectivity index (χ3n) is 3.70. The number of hydrogen-bond acceptors (Lipinski definition) is 8. The summed E-state index contributed by atoms with van der Waals surface area (Å²) in [6.07, 6.45) is -8.79. The van der Waals surface area contributed by atoms with Gasteiger partial charge in [0, 0.05) is 11.1 Å². The number of anilines is 1. The number of benzene rings is 1. The van der Waals surface area contributed by atoms with E-state index in [1.807, 2.05) is 24.3 Å². The second-order valence-electron chi connectivity index (χ2n) is 6.10. The molecule has 3 rings (SSSR count). The third kappa shape index (κ3) is 8.48. The van der Waals surface area contributed by atoms with Gasteiger partial charge in [0.25, 0.3) is 0 Å². The van der Waals surface area contributed by atoms with Crippen LogP contribution in [0.3, 0.4) is 0 Å². The van der Waals surface area contributed by atoms with E-state index < -0.39 is 24.3 Å². The van der Waals surface area contributed by atoms with Crippen molar-refractivity contribution in [1.82, 2.24) is 20.2 Å². The van der Waals surface area contributed by atoms with Crippen LogP contribution in [-0.2, 0) is 9.59 Å². The molecule has 0 aliphatic heterocycles. The van der Waals surface area contributed by atoms with Gasteiger partial charge in [-0.25, -0.2) is 19.6 Å². The van der Waals surface area contributed by atoms with E-state index >= 15 is 0 Å². The van der Waals surface area contributed by atoms with Crippen molar-refractivity contribution in [2.24, 2.45) is 0 Å². The Bertz CT molecular complexity index is 1200. The molecule has 0 bridgehead atoms. The number of alkyl halides is 6. The molecule has 5 N–H and O–H groups in total. The fraction of sp³-hybridized carbons (Fsp3) is 0.158. The number of hydrogen-bond donors (Lipinski definition) is 4. The first kappa shape index (κ1) is 29.2. The summed E-state index contributed by atoms with van der Waals surface area (Å²) < 4.78 is 68.6. The Morgan fingerprint density at radius 3 is 1.92 bits per heavy atom. The first-order chi connectivity index (χ1) is 16.6. The van der Waals surface area contributed by atoms with Gasteiger partial charge >= 0.3 is 24.3 Å². The number of nitrogens with two attached hydrogens (primary N) is 1. The van der Waals surface area contributed by atoms with E-state index in [9.17, 15) is 31.6 Å². The van der Waals surface area contributed by atoms with Crippen LogP contribution in [-0.4, -0.2) is 61.8 Å². The van der Waals surface area contributed by atoms with Crippen LogP contribution in [0.15, 0.2) is 36.7 Å². The molecule has 1 aromatic carbocycles. The molecule has 3 aromatic rings. The van der Waals surface area contributed by atoms with Crippen LogP contribution in [0.2, 0.25) is 0 Å². The molecule has 0 atom stereocenters. The molecule has 0 aliphatic carbocycles. The van der Waals surface area contributed by atoms with Gasteiger partial charge in [-0.1, -0.05) is 0 Å². The number of aromatic nitrogens is 4. The third-order valence-corrected chi connectivity index (χ3v) is 3.70. The Morgan fingerprint density at radius 1 is 1.06 bits per heavy atom. The summed E-state index contributed by atoms with van der Waals surface area (Å²) in [5.41, 5.74) is 8.26. The number of H-pyrrole nitrogens is 1. The number of ether oxygens (including phenoxy) is 1. The largest absolute Gasteiger partial charge is 0.497 e. The zero-order valence-corrected chi connectivity index (χ0v) is 17.7. The van der Waals surface area contributed by atoms with Gasteiger partial charge in [0.05, 0.1) is 12.8 Å². The number of methoxy groups -OCH3 is 1. The minimum atomic E-state index is -5.08. The topological polar surface area (TPSA) is 188 Å². The highest BCUT2D eigenvalue weighted by Gasteiger charge is 2.38. The van der Waals surface area contributed by atoms with Crippen LogP contribution in [0.1, 0.15) is 5.56 Å². The lowest BCUT2D eigenvalue weighted by Crippen LogP contribution is -2.21. The van der Waals surface area contributed by atoms with Crippen molar-refractivity contribution < 1.29 is 50.9 Å². The number of rotatable bonds is 3. The number of nitrogens with zero attached hydrogens (tertiary/aromatic N) is 4. The van der Waals surface area contributed by atoms with E-state index in [-0.39, 0.29) is 11.4 Å². The highest BCUT2D eigenvalue weighted by atomic mass is 19.4. The molecule has 0 unspecified atom stereocenters. The number of pyridine rings is 1. The first-order valence-electron chi connectivity index (χ1n) is 8.92. The summed E-state index contributed by atoms with van der Waals surface area (Å²) in [6, 6.07) is 11.2. The maximum Gasteiger partial charge on any atom is 0.490 e. The van der Waals surface area contributed by atoms with Crippen LogP contribution in [0, 0.1) is 11.3 Å². The van der Waals surface area contributed by atoms with Crippen LogP contribution >= 0.6 is 0 Å². The van der Waals surface area contributed by atoms with Gasteiger partial charge in [-0.05, 0) is 30.3 Å². The van der Waals surface area contributed by atoms with Crippen molar-refractivity contribution in [1.29, 1.82) is 5.26 Å². The van der Waals surface area contributed by atoms with E-state index in [1.54, 1.807) is 13.2 Å². The molecular weight excluding hydrogens is 506 g/mol. The van der Waals surface area contributed by atoms with Crippen LogP contribution in [0.4, 0.5) is 32.2 Å². The summed E-state index contributed by atoms with van der Waals surface area (Å²) in [4.78, 5) is 26.2. The Balaban J connectivity index is 0.000000383. The van der Waals surface area contributed by atoms with Crippen LogP contribution < -0.4 is 10.5 Å². The van der Waals surface area contributed by atoms with E-state index in [0.717, 1.165) is 11.3 Å². The number of carboxylic acid groups (broad SMARTS) is 2. The zero-order valence-electron chi connectivity index (χ0n) is 17.7.